The standard InChI is InChI=1S/C14H29N3O/c1-4-12(5-2)13(15)9-16-14(18)17-8-6-7-11(3)10-17/h11-13H,4-10,15H2,1-3H3,(H,16,18). The average molecular weight is 255 g/mol. The number of nitrogens with two attached hydrogens (primary N) is 1. The molecule has 2 atom stereocenters. The fourth-order valence-corrected chi connectivity index (χ4v) is 2.75. The predicted molar refractivity (Wildman–Crippen MR) is 75.4 cm³/mol. The Hall–Kier alpha value is -0.770. The molecule has 0 saturated carbocycles. The molecule has 3 N–H and O–H groups in total. The Morgan fingerprint density at radius 2 is 2.11 bits per heavy atom. The number of nitrogens with zero attached hydrogens (tertiary/aromatic N) is 1. The zero-order valence-corrected chi connectivity index (χ0v) is 12.1. The van der Waals surface area contributed by atoms with E-state index in [-0.39, 0.29) is 12.1 Å². The highest BCUT2D eigenvalue weighted by molar-refractivity contribution is 5.74. The van der Waals surface area contributed by atoms with E-state index in [0.717, 1.165) is 32.4 Å². The molecule has 2 amide bonds. The maximum atomic E-state index is 12.0. The summed E-state index contributed by atoms with van der Waals surface area (Å²) in [5, 5.41) is 2.98. The first-order valence-electron chi connectivity index (χ1n) is 7.36. The third-order valence-electron chi connectivity index (χ3n) is 4.09. The molecular formula is C14H29N3O. The van der Waals surface area contributed by atoms with E-state index < -0.39 is 0 Å². The molecule has 1 rings (SSSR count). The Balaban J connectivity index is 2.31. The minimum Gasteiger partial charge on any atom is -0.336 e. The summed E-state index contributed by atoms with van der Waals surface area (Å²) in [7, 11) is 0. The van der Waals surface area contributed by atoms with Crippen LogP contribution in [0.15, 0.2) is 0 Å². The lowest BCUT2D eigenvalue weighted by Gasteiger charge is -2.31. The van der Waals surface area contributed by atoms with E-state index in [9.17, 15) is 4.79 Å². The highest BCUT2D eigenvalue weighted by Gasteiger charge is 2.22. The van der Waals surface area contributed by atoms with Gasteiger partial charge in [-0.1, -0.05) is 33.6 Å². The molecule has 1 aliphatic heterocycles. The van der Waals surface area contributed by atoms with E-state index in [1.807, 2.05) is 4.90 Å². The van der Waals surface area contributed by atoms with Gasteiger partial charge in [0.1, 0.15) is 0 Å². The second kappa shape index (κ2) is 7.62. The normalized spacial score (nSPS) is 22.1. The molecule has 0 spiro atoms. The van der Waals surface area contributed by atoms with Gasteiger partial charge in [-0.25, -0.2) is 4.79 Å². The summed E-state index contributed by atoms with van der Waals surface area (Å²) < 4.78 is 0. The van der Waals surface area contributed by atoms with Crippen molar-refractivity contribution in [1.82, 2.24) is 10.2 Å². The van der Waals surface area contributed by atoms with Crippen molar-refractivity contribution in [2.75, 3.05) is 19.6 Å². The molecule has 2 unspecified atom stereocenters. The van der Waals surface area contributed by atoms with E-state index in [2.05, 4.69) is 26.1 Å². The van der Waals surface area contributed by atoms with Crippen LogP contribution in [-0.4, -0.2) is 36.6 Å². The average Bonchev–Trinajstić information content (AvgIpc) is 2.37. The molecule has 1 aliphatic rings. The summed E-state index contributed by atoms with van der Waals surface area (Å²) >= 11 is 0. The molecule has 1 fully saturated rings. The summed E-state index contributed by atoms with van der Waals surface area (Å²) in [5.74, 6) is 1.13. The van der Waals surface area contributed by atoms with Gasteiger partial charge in [0.2, 0.25) is 0 Å². The van der Waals surface area contributed by atoms with Gasteiger partial charge in [-0.3, -0.25) is 0 Å². The highest BCUT2D eigenvalue weighted by Crippen LogP contribution is 2.15. The SMILES string of the molecule is CCC(CC)C(N)CNC(=O)N1CCCC(C)C1. The number of piperidine rings is 1. The fraction of sp³-hybridized carbons (Fsp3) is 0.929. The molecular weight excluding hydrogens is 226 g/mol. The van der Waals surface area contributed by atoms with Crippen LogP contribution in [0.3, 0.4) is 0 Å². The Kier molecular flexibility index (Phi) is 6.47. The summed E-state index contributed by atoms with van der Waals surface area (Å²) in [6, 6.07) is 0.133. The summed E-state index contributed by atoms with van der Waals surface area (Å²) in [5.41, 5.74) is 6.11. The van der Waals surface area contributed by atoms with Gasteiger partial charge in [0.05, 0.1) is 0 Å². The maximum absolute atomic E-state index is 12.0. The third kappa shape index (κ3) is 4.48. The molecule has 0 aromatic heterocycles. The van der Waals surface area contributed by atoms with Crippen molar-refractivity contribution < 1.29 is 4.79 Å². The first kappa shape index (κ1) is 15.3. The van der Waals surface area contributed by atoms with Crippen molar-refractivity contribution in [1.29, 1.82) is 0 Å². The van der Waals surface area contributed by atoms with Crippen LogP contribution in [0.1, 0.15) is 46.5 Å². The number of rotatable bonds is 5. The van der Waals surface area contributed by atoms with E-state index in [1.54, 1.807) is 0 Å². The first-order chi connectivity index (χ1) is 8.58. The van der Waals surface area contributed by atoms with Crippen LogP contribution in [0.5, 0.6) is 0 Å². The topological polar surface area (TPSA) is 58.4 Å². The molecule has 0 radical (unpaired) electrons. The van der Waals surface area contributed by atoms with Gasteiger partial charge >= 0.3 is 6.03 Å². The van der Waals surface area contributed by atoms with Crippen LogP contribution in [0.2, 0.25) is 0 Å². The van der Waals surface area contributed by atoms with Gasteiger partial charge in [-0.15, -0.1) is 0 Å². The van der Waals surface area contributed by atoms with Crippen molar-refractivity contribution in [3.05, 3.63) is 0 Å². The number of amides is 2. The molecule has 1 heterocycles. The zero-order valence-electron chi connectivity index (χ0n) is 12.1. The van der Waals surface area contributed by atoms with E-state index in [1.165, 1.54) is 6.42 Å². The van der Waals surface area contributed by atoms with Crippen molar-refractivity contribution in [3.63, 3.8) is 0 Å². The monoisotopic (exact) mass is 255 g/mol. The summed E-state index contributed by atoms with van der Waals surface area (Å²) in [6.45, 7) is 8.87. The molecule has 4 heteroatoms. The molecule has 18 heavy (non-hydrogen) atoms. The zero-order chi connectivity index (χ0) is 13.5. The maximum Gasteiger partial charge on any atom is 0.317 e. The molecule has 0 aromatic rings. The van der Waals surface area contributed by atoms with E-state index in [0.29, 0.717) is 18.4 Å². The third-order valence-corrected chi connectivity index (χ3v) is 4.09. The number of carbonyl (C=O) groups excluding carboxylic acids is 1. The van der Waals surface area contributed by atoms with Crippen LogP contribution >= 0.6 is 0 Å². The number of hydrogen-bond acceptors (Lipinski definition) is 2. The Labute approximate surface area is 111 Å². The van der Waals surface area contributed by atoms with Crippen LogP contribution in [0, 0.1) is 11.8 Å². The Morgan fingerprint density at radius 3 is 2.67 bits per heavy atom. The number of likely N-dealkylation sites (tertiary alicyclic amines) is 1. The molecule has 106 valence electrons. The largest absolute Gasteiger partial charge is 0.336 e. The van der Waals surface area contributed by atoms with Crippen LogP contribution in [0.4, 0.5) is 4.79 Å². The van der Waals surface area contributed by atoms with Crippen LogP contribution < -0.4 is 11.1 Å². The van der Waals surface area contributed by atoms with Gasteiger partial charge in [0.15, 0.2) is 0 Å². The second-order valence-corrected chi connectivity index (χ2v) is 5.62. The van der Waals surface area contributed by atoms with Gasteiger partial charge in [-0.05, 0) is 24.7 Å². The smallest absolute Gasteiger partial charge is 0.317 e. The molecule has 0 aliphatic carbocycles. The molecule has 4 nitrogen and oxygen atoms in total. The predicted octanol–water partition coefficient (Wildman–Crippen LogP) is 2.19. The van der Waals surface area contributed by atoms with Gasteiger partial charge < -0.3 is 16.0 Å². The Bertz CT molecular complexity index is 253. The van der Waals surface area contributed by atoms with Crippen molar-refractivity contribution in [3.8, 4) is 0 Å². The molecule has 0 bridgehead atoms. The molecule has 0 aromatic carbocycles. The lowest BCUT2D eigenvalue weighted by Crippen LogP contribution is -2.49. The lowest BCUT2D eigenvalue weighted by molar-refractivity contribution is 0.168. The van der Waals surface area contributed by atoms with Crippen LogP contribution in [-0.2, 0) is 0 Å². The first-order valence-corrected chi connectivity index (χ1v) is 7.36. The number of urea groups is 1. The van der Waals surface area contributed by atoms with Gasteiger partial charge in [-0.2, -0.15) is 0 Å². The summed E-state index contributed by atoms with van der Waals surface area (Å²) in [4.78, 5) is 13.9. The summed E-state index contributed by atoms with van der Waals surface area (Å²) in [6.07, 6.45) is 4.51. The number of carbonyl (C=O) groups is 1. The van der Waals surface area contributed by atoms with E-state index in [4.69, 9.17) is 5.73 Å². The van der Waals surface area contributed by atoms with Crippen LogP contribution in [0.25, 0.3) is 0 Å². The van der Waals surface area contributed by atoms with Gasteiger partial charge in [0, 0.05) is 25.7 Å². The minimum atomic E-state index is 0.0583. The number of nitrogens with one attached hydrogen (secondary N) is 1. The van der Waals surface area contributed by atoms with Crippen molar-refractivity contribution >= 4 is 6.03 Å². The highest BCUT2D eigenvalue weighted by atomic mass is 16.2. The minimum absolute atomic E-state index is 0.0583. The van der Waals surface area contributed by atoms with E-state index >= 15 is 0 Å². The van der Waals surface area contributed by atoms with Crippen molar-refractivity contribution in [2.45, 2.75) is 52.5 Å². The second-order valence-electron chi connectivity index (χ2n) is 5.62. The van der Waals surface area contributed by atoms with Crippen molar-refractivity contribution in [2.24, 2.45) is 17.6 Å². The molecule has 1 saturated heterocycles. The fourth-order valence-electron chi connectivity index (χ4n) is 2.75. The lowest BCUT2D eigenvalue weighted by atomic mass is 9.95. The number of hydrogen-bond donors (Lipinski definition) is 2. The quantitative estimate of drug-likeness (QED) is 0.791. The Morgan fingerprint density at radius 1 is 1.44 bits per heavy atom. The van der Waals surface area contributed by atoms with Gasteiger partial charge in [0.25, 0.3) is 0 Å².